The minimum Gasteiger partial charge on any atom is -0.340 e. The topological polar surface area (TPSA) is 57.7 Å². The molecule has 140 valence electrons. The summed E-state index contributed by atoms with van der Waals surface area (Å²) < 4.78 is 27.4. The molecule has 0 aromatic carbocycles. The first-order chi connectivity index (χ1) is 12.0. The lowest BCUT2D eigenvalue weighted by Gasteiger charge is -2.38. The average molecular weight is 385 g/mol. The molecule has 0 N–H and O–H groups in total. The molecule has 1 aliphatic heterocycles. The number of carbonyl (C=O) groups excluding carboxylic acids is 1. The van der Waals surface area contributed by atoms with Crippen LogP contribution in [0, 0.1) is 5.92 Å². The summed E-state index contributed by atoms with van der Waals surface area (Å²) >= 11 is 1.24. The minimum atomic E-state index is -3.46. The Morgan fingerprint density at radius 3 is 2.64 bits per heavy atom. The van der Waals surface area contributed by atoms with Crippen molar-refractivity contribution in [1.29, 1.82) is 0 Å². The van der Waals surface area contributed by atoms with E-state index >= 15 is 0 Å². The SMILES string of the molecule is CCN(C(=O)C1CCCN(S(=O)(=O)c2cccs2)C1)C1CCCCC1. The van der Waals surface area contributed by atoms with Gasteiger partial charge in [0.15, 0.2) is 0 Å². The Bertz CT molecular complexity index is 667. The zero-order valence-corrected chi connectivity index (χ0v) is 16.5. The smallest absolute Gasteiger partial charge is 0.252 e. The van der Waals surface area contributed by atoms with Crippen molar-refractivity contribution in [3.8, 4) is 0 Å². The van der Waals surface area contributed by atoms with Crippen LogP contribution in [0.3, 0.4) is 0 Å². The summed E-state index contributed by atoms with van der Waals surface area (Å²) in [5, 5.41) is 1.78. The van der Waals surface area contributed by atoms with Crippen LogP contribution in [-0.4, -0.2) is 49.2 Å². The number of amides is 1. The molecule has 1 amide bonds. The Balaban J connectivity index is 1.70. The second kappa shape index (κ2) is 8.18. The summed E-state index contributed by atoms with van der Waals surface area (Å²) in [6.07, 6.45) is 7.36. The Morgan fingerprint density at radius 2 is 2.00 bits per heavy atom. The first kappa shape index (κ1) is 18.9. The summed E-state index contributed by atoms with van der Waals surface area (Å²) in [5.74, 6) is -0.0501. The molecule has 2 fully saturated rings. The maximum absolute atomic E-state index is 13.1. The standard InChI is InChI=1S/C18H28N2O3S2/c1-2-20(16-9-4-3-5-10-16)18(21)15-8-6-12-19(14-15)25(22,23)17-11-7-13-24-17/h7,11,13,15-16H,2-6,8-10,12,14H2,1H3. The van der Waals surface area contributed by atoms with E-state index in [4.69, 9.17) is 0 Å². The molecule has 1 saturated carbocycles. The third kappa shape index (κ3) is 4.09. The maximum Gasteiger partial charge on any atom is 0.252 e. The highest BCUT2D eigenvalue weighted by Crippen LogP contribution is 2.29. The van der Waals surface area contributed by atoms with Gasteiger partial charge in [0.2, 0.25) is 5.91 Å². The molecule has 25 heavy (non-hydrogen) atoms. The average Bonchev–Trinajstić information content (AvgIpc) is 3.19. The van der Waals surface area contributed by atoms with Gasteiger partial charge in [0.1, 0.15) is 4.21 Å². The van der Waals surface area contributed by atoms with Crippen molar-refractivity contribution in [2.24, 2.45) is 5.92 Å². The number of thiophene rings is 1. The van der Waals surface area contributed by atoms with E-state index in [1.807, 2.05) is 11.8 Å². The van der Waals surface area contributed by atoms with E-state index in [0.717, 1.165) is 32.2 Å². The molecule has 1 atom stereocenters. The lowest BCUT2D eigenvalue weighted by atomic mass is 9.91. The molecule has 1 aliphatic carbocycles. The number of rotatable bonds is 5. The third-order valence-electron chi connectivity index (χ3n) is 5.46. The van der Waals surface area contributed by atoms with Crippen LogP contribution in [0.15, 0.2) is 21.7 Å². The van der Waals surface area contributed by atoms with E-state index in [1.54, 1.807) is 17.5 Å². The van der Waals surface area contributed by atoms with E-state index in [9.17, 15) is 13.2 Å². The number of sulfonamides is 1. The number of nitrogens with zero attached hydrogens (tertiary/aromatic N) is 2. The molecule has 0 bridgehead atoms. The largest absolute Gasteiger partial charge is 0.340 e. The van der Waals surface area contributed by atoms with Gasteiger partial charge in [0.05, 0.1) is 5.92 Å². The Labute approximate surface area is 155 Å². The van der Waals surface area contributed by atoms with Crippen LogP contribution in [-0.2, 0) is 14.8 Å². The first-order valence-electron chi connectivity index (χ1n) is 9.38. The number of piperidine rings is 1. The quantitative estimate of drug-likeness (QED) is 0.782. The molecule has 1 unspecified atom stereocenters. The molecule has 1 saturated heterocycles. The van der Waals surface area contributed by atoms with Crippen molar-refractivity contribution >= 4 is 27.3 Å². The normalized spacial score (nSPS) is 23.5. The zero-order valence-electron chi connectivity index (χ0n) is 14.9. The second-order valence-electron chi connectivity index (χ2n) is 7.05. The fraction of sp³-hybridized carbons (Fsp3) is 0.722. The van der Waals surface area contributed by atoms with Crippen molar-refractivity contribution in [3.05, 3.63) is 17.5 Å². The molecule has 2 heterocycles. The van der Waals surface area contributed by atoms with Crippen LogP contribution in [0.2, 0.25) is 0 Å². The number of hydrogen-bond donors (Lipinski definition) is 0. The maximum atomic E-state index is 13.1. The van der Waals surface area contributed by atoms with E-state index in [0.29, 0.717) is 23.3 Å². The molecule has 1 aromatic rings. The van der Waals surface area contributed by atoms with E-state index in [1.165, 1.54) is 34.9 Å². The Morgan fingerprint density at radius 1 is 1.24 bits per heavy atom. The van der Waals surface area contributed by atoms with Gasteiger partial charge in [-0.2, -0.15) is 4.31 Å². The third-order valence-corrected chi connectivity index (χ3v) is 8.70. The highest BCUT2D eigenvalue weighted by Gasteiger charge is 2.36. The van der Waals surface area contributed by atoms with Crippen LogP contribution in [0.1, 0.15) is 51.9 Å². The molecule has 1 aromatic heterocycles. The van der Waals surface area contributed by atoms with Crippen molar-refractivity contribution in [1.82, 2.24) is 9.21 Å². The molecule has 0 radical (unpaired) electrons. The van der Waals surface area contributed by atoms with Crippen LogP contribution in [0.25, 0.3) is 0 Å². The number of carbonyl (C=O) groups is 1. The predicted octanol–water partition coefficient (Wildman–Crippen LogP) is 3.33. The van der Waals surface area contributed by atoms with E-state index in [-0.39, 0.29) is 11.8 Å². The second-order valence-corrected chi connectivity index (χ2v) is 10.2. The van der Waals surface area contributed by atoms with Crippen LogP contribution in [0.5, 0.6) is 0 Å². The van der Waals surface area contributed by atoms with Crippen molar-refractivity contribution < 1.29 is 13.2 Å². The van der Waals surface area contributed by atoms with Gasteiger partial charge in [-0.15, -0.1) is 11.3 Å². The minimum absolute atomic E-state index is 0.153. The van der Waals surface area contributed by atoms with Crippen molar-refractivity contribution in [3.63, 3.8) is 0 Å². The highest BCUT2D eigenvalue weighted by atomic mass is 32.2. The predicted molar refractivity (Wildman–Crippen MR) is 100 cm³/mol. The molecule has 0 spiro atoms. The van der Waals surface area contributed by atoms with Crippen molar-refractivity contribution in [2.45, 2.75) is 62.1 Å². The molecule has 5 nitrogen and oxygen atoms in total. The summed E-state index contributed by atoms with van der Waals surface area (Å²) in [7, 11) is -3.46. The monoisotopic (exact) mass is 384 g/mol. The van der Waals surface area contributed by atoms with E-state index < -0.39 is 10.0 Å². The van der Waals surface area contributed by atoms with Gasteiger partial charge in [0.25, 0.3) is 10.0 Å². The summed E-state index contributed by atoms with van der Waals surface area (Å²) in [5.41, 5.74) is 0. The van der Waals surface area contributed by atoms with E-state index in [2.05, 4.69) is 0 Å². The number of hydrogen-bond acceptors (Lipinski definition) is 4. The summed E-state index contributed by atoms with van der Waals surface area (Å²) in [6, 6.07) is 3.74. The van der Waals surface area contributed by atoms with Gasteiger partial charge in [-0.3, -0.25) is 4.79 Å². The zero-order chi connectivity index (χ0) is 17.9. The lowest BCUT2D eigenvalue weighted by Crippen LogP contribution is -2.49. The van der Waals surface area contributed by atoms with Gasteiger partial charge in [-0.25, -0.2) is 8.42 Å². The molecule has 2 aliphatic rings. The van der Waals surface area contributed by atoms with Gasteiger partial charge >= 0.3 is 0 Å². The molecule has 7 heteroatoms. The fourth-order valence-electron chi connectivity index (χ4n) is 4.12. The first-order valence-corrected chi connectivity index (χ1v) is 11.7. The Hall–Kier alpha value is -0.920. The Kier molecular flexibility index (Phi) is 6.17. The van der Waals surface area contributed by atoms with Gasteiger partial charge in [-0.1, -0.05) is 25.3 Å². The highest BCUT2D eigenvalue weighted by molar-refractivity contribution is 7.91. The van der Waals surface area contributed by atoms with Crippen LogP contribution in [0.4, 0.5) is 0 Å². The lowest BCUT2D eigenvalue weighted by molar-refractivity contribution is -0.139. The van der Waals surface area contributed by atoms with Gasteiger partial charge in [-0.05, 0) is 44.1 Å². The molecule has 3 rings (SSSR count). The molecular formula is C18H28N2O3S2. The van der Waals surface area contributed by atoms with Crippen LogP contribution < -0.4 is 0 Å². The van der Waals surface area contributed by atoms with Crippen LogP contribution >= 0.6 is 11.3 Å². The van der Waals surface area contributed by atoms with Gasteiger partial charge in [0, 0.05) is 25.7 Å². The summed E-state index contributed by atoms with van der Waals surface area (Å²) in [6.45, 7) is 3.59. The van der Waals surface area contributed by atoms with Crippen molar-refractivity contribution in [2.75, 3.05) is 19.6 Å². The van der Waals surface area contributed by atoms with Gasteiger partial charge < -0.3 is 4.90 Å². The molecular weight excluding hydrogens is 356 g/mol. The fourth-order valence-corrected chi connectivity index (χ4v) is 6.79. The summed E-state index contributed by atoms with van der Waals surface area (Å²) in [4.78, 5) is 15.1.